The lowest BCUT2D eigenvalue weighted by Crippen LogP contribution is -2.11. The van der Waals surface area contributed by atoms with Crippen molar-refractivity contribution >= 4 is 27.2 Å². The summed E-state index contributed by atoms with van der Waals surface area (Å²) in [6.45, 7) is 0. The molecule has 1 aromatic carbocycles. The Balaban J connectivity index is 1.99. The van der Waals surface area contributed by atoms with Crippen LogP contribution in [-0.4, -0.2) is 10.9 Å². The lowest BCUT2D eigenvalue weighted by Gasteiger charge is -2.04. The van der Waals surface area contributed by atoms with Gasteiger partial charge in [0.15, 0.2) is 0 Å². The van der Waals surface area contributed by atoms with Gasteiger partial charge >= 0.3 is 0 Å². The highest BCUT2D eigenvalue weighted by molar-refractivity contribution is 7.21. The number of carbonyl (C=O) groups is 1. The zero-order valence-electron chi connectivity index (χ0n) is 12.0. The first-order chi connectivity index (χ1) is 11.2. The number of nitrogen functional groups attached to an aromatic ring is 1. The second-order valence-corrected chi connectivity index (χ2v) is 5.77. The number of hydrogen-bond acceptors (Lipinski definition) is 5. The molecule has 2 aromatic heterocycles. The van der Waals surface area contributed by atoms with E-state index in [4.69, 9.17) is 5.73 Å². The minimum absolute atomic E-state index is 0.277. The molecule has 0 aliphatic heterocycles. The zero-order valence-corrected chi connectivity index (χ0v) is 12.8. The number of amides is 1. The summed E-state index contributed by atoms with van der Waals surface area (Å²) in [6, 6.07) is 14.5. The minimum atomic E-state index is -0.277. The lowest BCUT2D eigenvalue weighted by molar-refractivity contribution is 0.102. The third-order valence-corrected chi connectivity index (χ3v) is 4.19. The summed E-state index contributed by atoms with van der Waals surface area (Å²) in [5.74, 6) is -0.277. The normalized spacial score (nSPS) is 10.0. The molecule has 6 heteroatoms. The van der Waals surface area contributed by atoms with Crippen molar-refractivity contribution in [3.05, 3.63) is 66.0 Å². The molecular formula is C17H12N4OS. The lowest BCUT2D eigenvalue weighted by atomic mass is 10.1. The van der Waals surface area contributed by atoms with Gasteiger partial charge < -0.3 is 11.1 Å². The number of nitrogens with zero attached hydrogens (tertiary/aromatic N) is 2. The number of hydrogen-bond donors (Lipinski definition) is 2. The molecule has 0 saturated heterocycles. The Morgan fingerprint density at radius 2 is 2.00 bits per heavy atom. The number of rotatable bonds is 3. The number of nitrogens with two attached hydrogens (primary N) is 1. The number of nitrogens with one attached hydrogen (secondary N) is 1. The Hall–Kier alpha value is -3.17. The van der Waals surface area contributed by atoms with Crippen molar-refractivity contribution in [1.82, 2.24) is 4.98 Å². The molecule has 3 N–H and O–H groups in total. The minimum Gasteiger partial charge on any atom is -0.390 e. The monoisotopic (exact) mass is 320 g/mol. The quantitative estimate of drug-likeness (QED) is 0.772. The number of pyridine rings is 1. The second kappa shape index (κ2) is 6.30. The molecule has 3 rings (SSSR count). The van der Waals surface area contributed by atoms with E-state index in [1.165, 1.54) is 11.3 Å². The molecule has 0 spiro atoms. The van der Waals surface area contributed by atoms with Crippen LogP contribution in [-0.2, 0) is 0 Å². The predicted molar refractivity (Wildman–Crippen MR) is 91.1 cm³/mol. The van der Waals surface area contributed by atoms with Crippen LogP contribution in [0.25, 0.3) is 11.1 Å². The third kappa shape index (κ3) is 2.91. The fourth-order valence-corrected chi connectivity index (χ4v) is 3.14. The third-order valence-electron chi connectivity index (χ3n) is 3.26. The molecule has 0 radical (unpaired) electrons. The average molecular weight is 320 g/mol. The molecule has 0 fully saturated rings. The number of benzene rings is 1. The van der Waals surface area contributed by atoms with Gasteiger partial charge in [-0.3, -0.25) is 9.78 Å². The van der Waals surface area contributed by atoms with Gasteiger partial charge in [0.2, 0.25) is 0 Å². The maximum Gasteiger partial charge on any atom is 0.256 e. The predicted octanol–water partition coefficient (Wildman–Crippen LogP) is 3.52. The van der Waals surface area contributed by atoms with E-state index in [-0.39, 0.29) is 5.91 Å². The van der Waals surface area contributed by atoms with Crippen molar-refractivity contribution in [1.29, 1.82) is 5.26 Å². The van der Waals surface area contributed by atoms with Crippen LogP contribution in [0.15, 0.2) is 54.9 Å². The molecule has 0 aliphatic carbocycles. The number of aromatic nitrogens is 1. The Bertz CT molecular complexity index is 882. The van der Waals surface area contributed by atoms with Crippen LogP contribution in [0.2, 0.25) is 0 Å². The number of thiophene rings is 1. The van der Waals surface area contributed by atoms with E-state index in [1.54, 1.807) is 42.7 Å². The maximum atomic E-state index is 12.3. The molecular weight excluding hydrogens is 308 g/mol. The van der Waals surface area contributed by atoms with E-state index in [2.05, 4.69) is 16.4 Å². The van der Waals surface area contributed by atoms with Gasteiger partial charge in [0.1, 0.15) is 11.1 Å². The highest BCUT2D eigenvalue weighted by Crippen LogP contribution is 2.41. The Labute approximate surface area is 137 Å². The summed E-state index contributed by atoms with van der Waals surface area (Å²) < 4.78 is 0. The summed E-state index contributed by atoms with van der Waals surface area (Å²) in [7, 11) is 0. The Morgan fingerprint density at radius 1 is 1.22 bits per heavy atom. The van der Waals surface area contributed by atoms with Gasteiger partial charge in [-0.15, -0.1) is 0 Å². The van der Waals surface area contributed by atoms with Gasteiger partial charge in [0, 0.05) is 29.1 Å². The van der Waals surface area contributed by atoms with Gasteiger partial charge in [0.25, 0.3) is 5.91 Å². The van der Waals surface area contributed by atoms with Crippen LogP contribution >= 0.6 is 11.3 Å². The fraction of sp³-hybridized carbons (Fsp3) is 0. The van der Waals surface area contributed by atoms with Crippen LogP contribution in [0.3, 0.4) is 0 Å². The Morgan fingerprint density at radius 3 is 2.65 bits per heavy atom. The van der Waals surface area contributed by atoms with Gasteiger partial charge in [-0.05, 0) is 18.2 Å². The van der Waals surface area contributed by atoms with Crippen molar-refractivity contribution in [2.75, 3.05) is 11.1 Å². The van der Waals surface area contributed by atoms with Gasteiger partial charge in [-0.1, -0.05) is 35.6 Å². The molecule has 2 heterocycles. The van der Waals surface area contributed by atoms with Crippen molar-refractivity contribution < 1.29 is 4.79 Å². The van der Waals surface area contributed by atoms with Crippen molar-refractivity contribution in [2.24, 2.45) is 0 Å². The van der Waals surface area contributed by atoms with E-state index < -0.39 is 0 Å². The molecule has 0 unspecified atom stereocenters. The standard InChI is InChI=1S/C17H12N4OS/c18-9-13-14(12-7-4-8-20-10-12)15(19)23-17(13)21-16(22)11-5-2-1-3-6-11/h1-8,10H,19H2,(H,21,22). The first-order valence-electron chi connectivity index (χ1n) is 6.80. The van der Waals surface area contributed by atoms with Gasteiger partial charge in [-0.2, -0.15) is 5.26 Å². The number of anilines is 2. The van der Waals surface area contributed by atoms with Crippen molar-refractivity contribution in [3.8, 4) is 17.2 Å². The summed E-state index contributed by atoms with van der Waals surface area (Å²) in [6.07, 6.45) is 3.29. The van der Waals surface area contributed by atoms with E-state index >= 15 is 0 Å². The van der Waals surface area contributed by atoms with E-state index in [9.17, 15) is 10.1 Å². The summed E-state index contributed by atoms with van der Waals surface area (Å²) in [5.41, 5.74) is 8.28. The molecule has 23 heavy (non-hydrogen) atoms. The number of nitriles is 1. The molecule has 0 aliphatic rings. The summed E-state index contributed by atoms with van der Waals surface area (Å²) in [4.78, 5) is 16.3. The van der Waals surface area contributed by atoms with Crippen molar-refractivity contribution in [3.63, 3.8) is 0 Å². The number of carbonyl (C=O) groups excluding carboxylic acids is 1. The van der Waals surface area contributed by atoms with E-state index in [0.717, 1.165) is 5.56 Å². The Kier molecular flexibility index (Phi) is 4.04. The molecule has 0 saturated carbocycles. The van der Waals surface area contributed by atoms with Crippen LogP contribution < -0.4 is 11.1 Å². The van der Waals surface area contributed by atoms with Crippen LogP contribution in [0.1, 0.15) is 15.9 Å². The first kappa shape index (κ1) is 14.8. The van der Waals surface area contributed by atoms with Crippen LogP contribution in [0.5, 0.6) is 0 Å². The smallest absolute Gasteiger partial charge is 0.256 e. The SMILES string of the molecule is N#Cc1c(NC(=O)c2ccccc2)sc(N)c1-c1cccnc1. The zero-order chi connectivity index (χ0) is 16.2. The average Bonchev–Trinajstić information content (AvgIpc) is 2.91. The largest absolute Gasteiger partial charge is 0.390 e. The fourth-order valence-electron chi connectivity index (χ4n) is 2.21. The van der Waals surface area contributed by atoms with E-state index in [1.807, 2.05) is 12.1 Å². The van der Waals surface area contributed by atoms with Gasteiger partial charge in [-0.25, -0.2) is 0 Å². The second-order valence-electron chi connectivity index (χ2n) is 4.72. The summed E-state index contributed by atoms with van der Waals surface area (Å²) in [5, 5.41) is 13.2. The molecule has 1 amide bonds. The van der Waals surface area contributed by atoms with Crippen LogP contribution in [0, 0.1) is 11.3 Å². The first-order valence-corrected chi connectivity index (χ1v) is 7.61. The molecule has 112 valence electrons. The van der Waals surface area contributed by atoms with Crippen LogP contribution in [0.4, 0.5) is 10.0 Å². The van der Waals surface area contributed by atoms with Crippen molar-refractivity contribution in [2.45, 2.75) is 0 Å². The van der Waals surface area contributed by atoms with Gasteiger partial charge in [0.05, 0.1) is 10.6 Å². The van der Waals surface area contributed by atoms with E-state index in [0.29, 0.717) is 26.7 Å². The highest BCUT2D eigenvalue weighted by atomic mass is 32.1. The molecule has 5 nitrogen and oxygen atoms in total. The maximum absolute atomic E-state index is 12.3. The topological polar surface area (TPSA) is 91.8 Å². The highest BCUT2D eigenvalue weighted by Gasteiger charge is 2.20. The molecule has 0 atom stereocenters. The molecule has 0 bridgehead atoms. The summed E-state index contributed by atoms with van der Waals surface area (Å²) >= 11 is 1.18. The molecule has 3 aromatic rings.